The number of carbonyl (C=O) groups is 4. The van der Waals surface area contributed by atoms with Gasteiger partial charge in [-0.25, -0.2) is 0 Å². The van der Waals surface area contributed by atoms with E-state index in [1.165, 1.54) is 0 Å². The number of hydrogen-bond donors (Lipinski definition) is 0. The molecule has 288 valence electrons. The molecule has 0 rings (SSSR count). The summed E-state index contributed by atoms with van der Waals surface area (Å²) in [5, 5.41) is 0. The summed E-state index contributed by atoms with van der Waals surface area (Å²) in [4.78, 5) is 52.8. The Hall–Kier alpha value is -1.20. The van der Waals surface area contributed by atoms with E-state index in [2.05, 4.69) is 83.1 Å². The first-order valence-corrected chi connectivity index (χ1v) is 25.6. The van der Waals surface area contributed by atoms with Gasteiger partial charge >= 0.3 is 310 Å². The Balaban J connectivity index is 5.80. The van der Waals surface area contributed by atoms with Crippen molar-refractivity contribution in [3.05, 3.63) is 0 Å². The molecule has 0 aliphatic rings. The third kappa shape index (κ3) is 31.3. The van der Waals surface area contributed by atoms with Crippen LogP contribution in [0.25, 0.3) is 0 Å². The van der Waals surface area contributed by atoms with Crippen molar-refractivity contribution in [2.24, 2.45) is 21.7 Å². The molecule has 0 bridgehead atoms. The molecule has 0 saturated heterocycles. The van der Waals surface area contributed by atoms with E-state index in [1.807, 2.05) is 0 Å². The number of hydrogen-bond acceptors (Lipinski definition) is 8. The molecule has 0 aromatic carbocycles. The van der Waals surface area contributed by atoms with Gasteiger partial charge in [-0.15, -0.1) is 0 Å². The predicted molar refractivity (Wildman–Crippen MR) is 200 cm³/mol. The molecule has 0 aliphatic heterocycles. The van der Waals surface area contributed by atoms with E-state index >= 15 is 0 Å². The van der Waals surface area contributed by atoms with E-state index in [9.17, 15) is 19.2 Å². The Labute approximate surface area is 308 Å². The summed E-state index contributed by atoms with van der Waals surface area (Å²) in [5.41, 5.74) is 0.816. The standard InChI is InChI=1S/4C10H20O2.Pb/c4*1-10(2,3)8-6-4-5-7-9(11)12;/h4*4-8H2,1-3H3,(H,11,12);/q;;;;+4/p-4. The van der Waals surface area contributed by atoms with Gasteiger partial charge in [-0.1, -0.05) is 0 Å². The Morgan fingerprint density at radius 2 is 0.510 bits per heavy atom. The van der Waals surface area contributed by atoms with Gasteiger partial charge in [0.25, 0.3) is 0 Å². The maximum atomic E-state index is 13.2. The second-order valence-electron chi connectivity index (χ2n) is 18.9. The number of rotatable bonds is 24. The summed E-state index contributed by atoms with van der Waals surface area (Å²) in [6.07, 6.45) is 13.8. The molecular formula is C40H76O8Pb. The Morgan fingerprint density at radius 3 is 0.673 bits per heavy atom. The van der Waals surface area contributed by atoms with Crippen LogP contribution < -0.4 is 0 Å². The van der Waals surface area contributed by atoms with E-state index in [0.29, 0.717) is 25.7 Å². The van der Waals surface area contributed by atoms with E-state index in [4.69, 9.17) is 10.7 Å². The summed E-state index contributed by atoms with van der Waals surface area (Å²) in [7, 11) is 0. The zero-order chi connectivity index (χ0) is 37.8. The molecule has 0 heterocycles. The molecule has 0 fully saturated rings. The van der Waals surface area contributed by atoms with Crippen LogP contribution in [0.5, 0.6) is 0 Å². The van der Waals surface area contributed by atoms with Gasteiger partial charge in [0.1, 0.15) is 0 Å². The molecule has 8 nitrogen and oxygen atoms in total. The first-order chi connectivity index (χ1) is 22.4. The van der Waals surface area contributed by atoms with Gasteiger partial charge < -0.3 is 0 Å². The first-order valence-electron chi connectivity index (χ1n) is 19.3. The third-order valence-corrected chi connectivity index (χ3v) is 15.6. The summed E-state index contributed by atoms with van der Waals surface area (Å²) >= 11 is -6.02. The predicted octanol–water partition coefficient (Wildman–Crippen LogP) is 11.6. The van der Waals surface area contributed by atoms with Crippen molar-refractivity contribution in [3.8, 4) is 0 Å². The molecule has 49 heavy (non-hydrogen) atoms. The SMILES string of the molecule is CC(C)(C)CCCCCC(=O)[O][Pb]([O]C(=O)CCCCCC(C)(C)C)([O]C(=O)CCCCCC(C)(C)C)[O]C(=O)CCCCCC(C)(C)C. The van der Waals surface area contributed by atoms with Gasteiger partial charge in [-0.3, -0.25) is 0 Å². The zero-order valence-electron chi connectivity index (χ0n) is 33.9. The molecule has 0 aliphatic carbocycles. The average molecular weight is 892 g/mol. The quantitative estimate of drug-likeness (QED) is 0.0697. The normalized spacial score (nSPS) is 12.8. The van der Waals surface area contributed by atoms with Crippen molar-refractivity contribution in [1.82, 2.24) is 0 Å². The minimum absolute atomic E-state index is 0.0605. The van der Waals surface area contributed by atoms with Gasteiger partial charge in [0.05, 0.1) is 0 Å². The van der Waals surface area contributed by atoms with E-state index in [-0.39, 0.29) is 47.3 Å². The van der Waals surface area contributed by atoms with E-state index in [0.717, 1.165) is 77.0 Å². The van der Waals surface area contributed by atoms with Crippen LogP contribution in [0.15, 0.2) is 0 Å². The van der Waals surface area contributed by atoms with Crippen molar-refractivity contribution < 1.29 is 29.9 Å². The maximum absolute atomic E-state index is 13.2. The monoisotopic (exact) mass is 893 g/mol. The van der Waals surface area contributed by atoms with Crippen molar-refractivity contribution >= 4 is 46.9 Å². The second kappa shape index (κ2) is 23.4. The van der Waals surface area contributed by atoms with Crippen LogP contribution >= 0.6 is 0 Å². The van der Waals surface area contributed by atoms with Crippen LogP contribution in [-0.4, -0.2) is 46.9 Å². The molecule has 0 unspecified atom stereocenters. The van der Waals surface area contributed by atoms with Gasteiger partial charge in [0, 0.05) is 0 Å². The molecule has 9 heteroatoms. The van der Waals surface area contributed by atoms with Crippen LogP contribution in [0, 0.1) is 21.7 Å². The van der Waals surface area contributed by atoms with Crippen LogP contribution in [0.2, 0.25) is 0 Å². The van der Waals surface area contributed by atoms with Crippen molar-refractivity contribution in [1.29, 1.82) is 0 Å². The molecule has 0 radical (unpaired) electrons. The molecule has 0 aromatic rings. The second-order valence-corrected chi connectivity index (χ2v) is 25.9. The molecule has 0 spiro atoms. The zero-order valence-corrected chi connectivity index (χ0v) is 37.8. The summed E-state index contributed by atoms with van der Waals surface area (Å²) in [5.74, 6) is -2.64. The summed E-state index contributed by atoms with van der Waals surface area (Å²) < 4.78 is 23.1. The fraction of sp³-hybridized carbons (Fsp3) is 0.900. The van der Waals surface area contributed by atoms with E-state index in [1.54, 1.807) is 0 Å². The summed E-state index contributed by atoms with van der Waals surface area (Å²) in [6.45, 7) is 26.2. The molecule has 0 saturated carbocycles. The van der Waals surface area contributed by atoms with Crippen molar-refractivity contribution in [3.63, 3.8) is 0 Å². The van der Waals surface area contributed by atoms with Gasteiger partial charge in [-0.05, 0) is 0 Å². The topological polar surface area (TPSA) is 105 Å². The summed E-state index contributed by atoms with van der Waals surface area (Å²) in [6, 6.07) is 0. The first kappa shape index (κ1) is 47.8. The van der Waals surface area contributed by atoms with Crippen LogP contribution in [0.1, 0.15) is 212 Å². The molecule has 0 aromatic heterocycles. The van der Waals surface area contributed by atoms with E-state index < -0.39 is 46.9 Å². The number of unbranched alkanes of at least 4 members (excludes halogenated alkanes) is 8. The van der Waals surface area contributed by atoms with Crippen LogP contribution in [0.4, 0.5) is 0 Å². The van der Waals surface area contributed by atoms with Crippen molar-refractivity contribution in [2.75, 3.05) is 0 Å². The van der Waals surface area contributed by atoms with Gasteiger partial charge in [-0.2, -0.15) is 0 Å². The van der Waals surface area contributed by atoms with Crippen LogP contribution in [0.3, 0.4) is 0 Å². The molecular weight excluding hydrogens is 816 g/mol. The molecule has 0 N–H and O–H groups in total. The fourth-order valence-corrected chi connectivity index (χ4v) is 12.2. The molecule has 0 amide bonds. The average Bonchev–Trinajstić information content (AvgIpc) is 2.89. The minimum atomic E-state index is -6.02. The molecule has 0 atom stereocenters. The number of carbonyl (C=O) groups excluding carboxylic acids is 4. The Kier molecular flexibility index (Phi) is 22.8. The van der Waals surface area contributed by atoms with Gasteiger partial charge in [0.2, 0.25) is 0 Å². The Morgan fingerprint density at radius 1 is 0.327 bits per heavy atom. The van der Waals surface area contributed by atoms with Crippen LogP contribution in [-0.2, 0) is 29.9 Å². The van der Waals surface area contributed by atoms with Gasteiger partial charge in [0.15, 0.2) is 0 Å². The van der Waals surface area contributed by atoms with Crippen molar-refractivity contribution in [2.45, 2.75) is 212 Å². The fourth-order valence-electron chi connectivity index (χ4n) is 5.29. The third-order valence-electron chi connectivity index (χ3n) is 8.19. The Bertz CT molecular complexity index is 805.